The summed E-state index contributed by atoms with van der Waals surface area (Å²) in [4.78, 5) is 27.1. The fourth-order valence-corrected chi connectivity index (χ4v) is 5.93. The van der Waals surface area contributed by atoms with Gasteiger partial charge in [0, 0.05) is 12.1 Å². The third kappa shape index (κ3) is 4.83. The van der Waals surface area contributed by atoms with Crippen molar-refractivity contribution < 1.29 is 31.9 Å². The standard InChI is InChI=1S/C25H23FN2O6S/c1-33-20-11-10-16(12-21(20)34-2)23-14-25(30)28(19-8-3-4-9-22(19)35(23,31)32)15-24(29)27-18-7-5-6-17(26)13-18/h3-13,23H,14-15H2,1-2H3,(H,27,29)/t23-/m0/s1. The molecule has 0 saturated heterocycles. The van der Waals surface area contributed by atoms with E-state index in [2.05, 4.69) is 5.32 Å². The summed E-state index contributed by atoms with van der Waals surface area (Å²) in [5.74, 6) is -0.919. The lowest BCUT2D eigenvalue weighted by atomic mass is 10.1. The number of anilines is 2. The Bertz CT molecular complexity index is 1390. The fourth-order valence-electron chi connectivity index (χ4n) is 4.02. The number of methoxy groups -OCH3 is 2. The molecule has 0 spiro atoms. The van der Waals surface area contributed by atoms with Crippen LogP contribution < -0.4 is 19.7 Å². The van der Waals surface area contributed by atoms with E-state index in [1.54, 1.807) is 24.3 Å². The molecule has 1 atom stereocenters. The number of carbonyl (C=O) groups is 2. The topological polar surface area (TPSA) is 102 Å². The first kappa shape index (κ1) is 24.2. The van der Waals surface area contributed by atoms with Crippen molar-refractivity contribution in [2.75, 3.05) is 31.0 Å². The molecule has 3 aromatic carbocycles. The van der Waals surface area contributed by atoms with Crippen LogP contribution >= 0.6 is 0 Å². The summed E-state index contributed by atoms with van der Waals surface area (Å²) in [6.45, 7) is -0.444. The van der Waals surface area contributed by atoms with Crippen molar-refractivity contribution in [1.29, 1.82) is 0 Å². The summed E-state index contributed by atoms with van der Waals surface area (Å²) in [7, 11) is -1.13. The van der Waals surface area contributed by atoms with Crippen LogP contribution in [0.25, 0.3) is 0 Å². The summed E-state index contributed by atoms with van der Waals surface area (Å²) in [6, 6.07) is 16.1. The van der Waals surface area contributed by atoms with Crippen LogP contribution in [0, 0.1) is 5.82 Å². The molecular weight excluding hydrogens is 475 g/mol. The van der Waals surface area contributed by atoms with Gasteiger partial charge in [-0.1, -0.05) is 24.3 Å². The second-order valence-electron chi connectivity index (χ2n) is 7.86. The average molecular weight is 499 g/mol. The number of carbonyl (C=O) groups excluding carboxylic acids is 2. The lowest BCUT2D eigenvalue weighted by Gasteiger charge is -2.21. The maximum absolute atomic E-state index is 13.7. The van der Waals surface area contributed by atoms with E-state index < -0.39 is 39.3 Å². The number of benzene rings is 3. The molecule has 2 amide bonds. The Morgan fingerprint density at radius 1 is 1.03 bits per heavy atom. The van der Waals surface area contributed by atoms with Crippen molar-refractivity contribution in [2.24, 2.45) is 0 Å². The minimum Gasteiger partial charge on any atom is -0.493 e. The van der Waals surface area contributed by atoms with E-state index in [0.29, 0.717) is 17.1 Å². The molecule has 8 nitrogen and oxygen atoms in total. The van der Waals surface area contributed by atoms with E-state index in [1.165, 1.54) is 50.6 Å². The SMILES string of the molecule is COc1ccc([C@@H]2CC(=O)N(CC(=O)Nc3cccc(F)c3)c3ccccc3S2(=O)=O)cc1OC. The van der Waals surface area contributed by atoms with Crippen molar-refractivity contribution in [2.45, 2.75) is 16.6 Å². The lowest BCUT2D eigenvalue weighted by Crippen LogP contribution is -2.38. The van der Waals surface area contributed by atoms with E-state index in [0.717, 1.165) is 11.0 Å². The third-order valence-corrected chi connectivity index (χ3v) is 7.83. The van der Waals surface area contributed by atoms with Gasteiger partial charge in [-0.05, 0) is 48.0 Å². The molecule has 4 rings (SSSR count). The highest BCUT2D eigenvalue weighted by atomic mass is 32.2. The summed E-state index contributed by atoms with van der Waals surface area (Å²) in [5.41, 5.74) is 0.688. The van der Waals surface area contributed by atoms with Gasteiger partial charge in [0.1, 0.15) is 12.4 Å². The number of halogens is 1. The average Bonchev–Trinajstić information content (AvgIpc) is 2.92. The van der Waals surface area contributed by atoms with Crippen molar-refractivity contribution in [1.82, 2.24) is 0 Å². The molecule has 1 heterocycles. The van der Waals surface area contributed by atoms with E-state index >= 15 is 0 Å². The number of nitrogens with zero attached hydrogens (tertiary/aromatic N) is 1. The van der Waals surface area contributed by atoms with E-state index in [-0.39, 0.29) is 22.7 Å². The molecule has 0 aromatic heterocycles. The van der Waals surface area contributed by atoms with Gasteiger partial charge < -0.3 is 19.7 Å². The highest BCUT2D eigenvalue weighted by molar-refractivity contribution is 7.92. The van der Waals surface area contributed by atoms with Crippen LogP contribution in [0.4, 0.5) is 15.8 Å². The van der Waals surface area contributed by atoms with Crippen LogP contribution in [0.2, 0.25) is 0 Å². The van der Waals surface area contributed by atoms with E-state index in [4.69, 9.17) is 9.47 Å². The molecule has 1 aliphatic rings. The van der Waals surface area contributed by atoms with Gasteiger partial charge in [-0.15, -0.1) is 0 Å². The Labute approximate surface area is 202 Å². The van der Waals surface area contributed by atoms with Gasteiger partial charge in [0.15, 0.2) is 21.3 Å². The molecule has 0 saturated carbocycles. The van der Waals surface area contributed by atoms with Gasteiger partial charge >= 0.3 is 0 Å². The second-order valence-corrected chi connectivity index (χ2v) is 9.96. The molecule has 0 radical (unpaired) electrons. The van der Waals surface area contributed by atoms with Crippen LogP contribution in [0.15, 0.2) is 71.6 Å². The highest BCUT2D eigenvalue weighted by Gasteiger charge is 2.40. The van der Waals surface area contributed by atoms with E-state index in [9.17, 15) is 22.4 Å². The molecule has 0 unspecified atom stereocenters. The highest BCUT2D eigenvalue weighted by Crippen LogP contribution is 2.42. The molecule has 0 bridgehead atoms. The number of fused-ring (bicyclic) bond motifs is 1. The first-order valence-electron chi connectivity index (χ1n) is 10.6. The number of hydrogen-bond acceptors (Lipinski definition) is 6. The van der Waals surface area contributed by atoms with Gasteiger partial charge in [0.05, 0.1) is 30.1 Å². The second kappa shape index (κ2) is 9.75. The van der Waals surface area contributed by atoms with Gasteiger partial charge in [-0.25, -0.2) is 12.8 Å². The van der Waals surface area contributed by atoms with Crippen LogP contribution in [-0.4, -0.2) is 41.0 Å². The molecule has 1 N–H and O–H groups in total. The van der Waals surface area contributed by atoms with Gasteiger partial charge in [-0.3, -0.25) is 9.59 Å². The summed E-state index contributed by atoms with van der Waals surface area (Å²) in [5, 5.41) is 1.34. The molecule has 0 aliphatic carbocycles. The quantitative estimate of drug-likeness (QED) is 0.556. The van der Waals surface area contributed by atoms with Gasteiger partial charge in [0.25, 0.3) is 0 Å². The molecular formula is C25H23FN2O6S. The Balaban J connectivity index is 1.71. The summed E-state index contributed by atoms with van der Waals surface area (Å²) < 4.78 is 51.4. The lowest BCUT2D eigenvalue weighted by molar-refractivity contribution is -0.121. The van der Waals surface area contributed by atoms with Gasteiger partial charge in [0.2, 0.25) is 11.8 Å². The van der Waals surface area contributed by atoms with Crippen molar-refractivity contribution in [3.63, 3.8) is 0 Å². The predicted molar refractivity (Wildman–Crippen MR) is 128 cm³/mol. The fraction of sp³-hybridized carbons (Fsp3) is 0.200. The third-order valence-electron chi connectivity index (χ3n) is 5.69. The van der Waals surface area contributed by atoms with Crippen LogP contribution in [0.3, 0.4) is 0 Å². The number of hydrogen-bond donors (Lipinski definition) is 1. The zero-order valence-corrected chi connectivity index (χ0v) is 19.8. The monoisotopic (exact) mass is 498 g/mol. The Morgan fingerprint density at radius 2 is 1.77 bits per heavy atom. The Morgan fingerprint density at radius 3 is 2.49 bits per heavy atom. The van der Waals surface area contributed by atoms with Crippen molar-refractivity contribution in [3.05, 3.63) is 78.1 Å². The minimum absolute atomic E-state index is 0.0656. The molecule has 3 aromatic rings. The maximum atomic E-state index is 13.7. The smallest absolute Gasteiger partial charge is 0.244 e. The molecule has 0 fully saturated rings. The summed E-state index contributed by atoms with van der Waals surface area (Å²) in [6.07, 6.45) is -0.389. The largest absolute Gasteiger partial charge is 0.493 e. The van der Waals surface area contributed by atoms with Crippen LogP contribution in [0.1, 0.15) is 17.2 Å². The predicted octanol–water partition coefficient (Wildman–Crippen LogP) is 3.73. The first-order valence-corrected chi connectivity index (χ1v) is 12.2. The Kier molecular flexibility index (Phi) is 6.74. The zero-order chi connectivity index (χ0) is 25.2. The number of para-hydroxylation sites is 1. The van der Waals surface area contributed by atoms with Crippen molar-refractivity contribution >= 4 is 33.0 Å². The number of amides is 2. The normalized spacial score (nSPS) is 16.7. The first-order chi connectivity index (χ1) is 16.7. The molecule has 182 valence electrons. The van der Waals surface area contributed by atoms with E-state index in [1.807, 2.05) is 0 Å². The number of nitrogens with one attached hydrogen (secondary N) is 1. The minimum atomic E-state index is -4.02. The molecule has 1 aliphatic heterocycles. The van der Waals surface area contributed by atoms with Crippen LogP contribution in [-0.2, 0) is 19.4 Å². The molecule has 10 heteroatoms. The maximum Gasteiger partial charge on any atom is 0.244 e. The number of sulfone groups is 1. The summed E-state index contributed by atoms with van der Waals surface area (Å²) >= 11 is 0. The molecule has 35 heavy (non-hydrogen) atoms. The number of ether oxygens (including phenoxy) is 2. The van der Waals surface area contributed by atoms with Gasteiger partial charge in [-0.2, -0.15) is 0 Å². The number of rotatable bonds is 6. The zero-order valence-electron chi connectivity index (χ0n) is 19.0. The Hall–Kier alpha value is -3.92. The van der Waals surface area contributed by atoms with Crippen molar-refractivity contribution in [3.8, 4) is 11.5 Å². The van der Waals surface area contributed by atoms with Crippen LogP contribution in [0.5, 0.6) is 11.5 Å².